The van der Waals surface area contributed by atoms with E-state index in [9.17, 15) is 9.59 Å². The summed E-state index contributed by atoms with van der Waals surface area (Å²) in [4.78, 5) is 24.8. The summed E-state index contributed by atoms with van der Waals surface area (Å²) in [5.41, 5.74) is 0.248. The number of halogens is 1. The summed E-state index contributed by atoms with van der Waals surface area (Å²) < 4.78 is 6.31. The molecule has 1 saturated heterocycles. The van der Waals surface area contributed by atoms with E-state index in [4.69, 9.17) is 9.84 Å². The normalized spacial score (nSPS) is 21.4. The second-order valence-electron chi connectivity index (χ2n) is 5.65. The highest BCUT2D eigenvalue weighted by Gasteiger charge is 2.42. The fourth-order valence-electron chi connectivity index (χ4n) is 2.30. The molecular weight excluding hydrogens is 338 g/mol. The van der Waals surface area contributed by atoms with Crippen LogP contribution in [-0.4, -0.2) is 41.6 Å². The summed E-state index contributed by atoms with van der Waals surface area (Å²) in [5.74, 6) is -0.443. The topological polar surface area (TPSA) is 66.8 Å². The van der Waals surface area contributed by atoms with E-state index in [0.717, 1.165) is 10.0 Å². The third-order valence-electron chi connectivity index (χ3n) is 3.78. The van der Waals surface area contributed by atoms with E-state index in [1.54, 1.807) is 17.9 Å². The molecule has 21 heavy (non-hydrogen) atoms. The highest BCUT2D eigenvalue weighted by molar-refractivity contribution is 9.10. The van der Waals surface area contributed by atoms with E-state index in [1.165, 1.54) is 0 Å². The lowest BCUT2D eigenvalue weighted by Gasteiger charge is -2.20. The molecule has 1 unspecified atom stereocenters. The van der Waals surface area contributed by atoms with Crippen molar-refractivity contribution in [2.45, 2.75) is 20.3 Å². The summed E-state index contributed by atoms with van der Waals surface area (Å²) in [6, 6.07) is 5.62. The number of carboxylic acids is 1. The Labute approximate surface area is 132 Å². The minimum Gasteiger partial charge on any atom is -0.483 e. The van der Waals surface area contributed by atoms with Gasteiger partial charge in [-0.2, -0.15) is 0 Å². The molecule has 1 aromatic rings. The monoisotopic (exact) mass is 355 g/mol. The quantitative estimate of drug-likeness (QED) is 0.900. The van der Waals surface area contributed by atoms with Crippen molar-refractivity contribution in [1.82, 2.24) is 4.90 Å². The average molecular weight is 356 g/mol. The van der Waals surface area contributed by atoms with Gasteiger partial charge < -0.3 is 14.7 Å². The summed E-state index contributed by atoms with van der Waals surface area (Å²) in [5, 5.41) is 9.17. The number of aliphatic carboxylic acids is 1. The van der Waals surface area contributed by atoms with Crippen LogP contribution in [0.2, 0.25) is 0 Å². The molecule has 0 aromatic heterocycles. The molecule has 0 spiro atoms. The van der Waals surface area contributed by atoms with Crippen LogP contribution >= 0.6 is 15.9 Å². The number of hydrogen-bond donors (Lipinski definition) is 1. The number of nitrogens with zero attached hydrogens (tertiary/aromatic N) is 1. The highest BCUT2D eigenvalue weighted by Crippen LogP contribution is 2.30. The van der Waals surface area contributed by atoms with Gasteiger partial charge in [-0.05, 0) is 53.9 Å². The van der Waals surface area contributed by atoms with Gasteiger partial charge in [0.1, 0.15) is 5.75 Å². The molecule has 2 rings (SSSR count). The zero-order chi connectivity index (χ0) is 15.6. The summed E-state index contributed by atoms with van der Waals surface area (Å²) in [6.45, 7) is 4.24. The fourth-order valence-corrected chi connectivity index (χ4v) is 2.91. The molecule has 0 aliphatic carbocycles. The Bertz CT molecular complexity index is 575. The van der Waals surface area contributed by atoms with Crippen molar-refractivity contribution < 1.29 is 19.4 Å². The maximum atomic E-state index is 12.1. The molecule has 6 heteroatoms. The van der Waals surface area contributed by atoms with Gasteiger partial charge in [0.2, 0.25) is 0 Å². The second-order valence-corrected chi connectivity index (χ2v) is 6.51. The Morgan fingerprint density at radius 2 is 2.19 bits per heavy atom. The molecule has 0 saturated carbocycles. The van der Waals surface area contributed by atoms with Crippen LogP contribution < -0.4 is 4.74 Å². The molecule has 0 bridgehead atoms. The van der Waals surface area contributed by atoms with E-state index in [2.05, 4.69) is 15.9 Å². The number of carbonyl (C=O) groups excluding carboxylic acids is 1. The number of hydrogen-bond acceptors (Lipinski definition) is 3. The lowest BCUT2D eigenvalue weighted by molar-refractivity contribution is -0.147. The number of ether oxygens (including phenoxy) is 1. The average Bonchev–Trinajstić information content (AvgIpc) is 2.82. The Morgan fingerprint density at radius 3 is 2.76 bits per heavy atom. The van der Waals surface area contributed by atoms with Gasteiger partial charge in [0.25, 0.3) is 5.91 Å². The van der Waals surface area contributed by atoms with E-state index in [1.807, 2.05) is 19.1 Å². The van der Waals surface area contributed by atoms with Gasteiger partial charge in [-0.15, -0.1) is 0 Å². The molecule has 1 aliphatic heterocycles. The second kappa shape index (κ2) is 6.05. The third kappa shape index (κ3) is 3.56. The van der Waals surface area contributed by atoms with Crippen LogP contribution in [0.5, 0.6) is 5.75 Å². The van der Waals surface area contributed by atoms with Crippen molar-refractivity contribution >= 4 is 27.8 Å². The summed E-state index contributed by atoms with van der Waals surface area (Å²) >= 11 is 3.39. The molecule has 1 amide bonds. The van der Waals surface area contributed by atoms with Crippen molar-refractivity contribution in [3.8, 4) is 5.75 Å². The number of aryl methyl sites for hydroxylation is 1. The lowest BCUT2D eigenvalue weighted by atomic mass is 9.90. The van der Waals surface area contributed by atoms with E-state index < -0.39 is 11.4 Å². The first-order chi connectivity index (χ1) is 9.82. The van der Waals surface area contributed by atoms with Gasteiger partial charge in [0.05, 0.1) is 9.89 Å². The van der Waals surface area contributed by atoms with E-state index in [-0.39, 0.29) is 19.1 Å². The number of carbonyl (C=O) groups is 2. The first-order valence-electron chi connectivity index (χ1n) is 6.72. The molecule has 1 aliphatic rings. The van der Waals surface area contributed by atoms with E-state index >= 15 is 0 Å². The van der Waals surface area contributed by atoms with Gasteiger partial charge >= 0.3 is 5.97 Å². The predicted molar refractivity (Wildman–Crippen MR) is 81.3 cm³/mol. The predicted octanol–water partition coefficient (Wildman–Crippen LogP) is 2.46. The maximum Gasteiger partial charge on any atom is 0.311 e. The van der Waals surface area contributed by atoms with Gasteiger partial charge in [0, 0.05) is 13.1 Å². The van der Waals surface area contributed by atoms with Crippen LogP contribution in [-0.2, 0) is 9.59 Å². The van der Waals surface area contributed by atoms with Crippen LogP contribution in [0.25, 0.3) is 0 Å². The van der Waals surface area contributed by atoms with Crippen molar-refractivity contribution in [3.05, 3.63) is 28.2 Å². The first-order valence-corrected chi connectivity index (χ1v) is 7.51. The smallest absolute Gasteiger partial charge is 0.311 e. The van der Waals surface area contributed by atoms with Gasteiger partial charge in [-0.1, -0.05) is 6.07 Å². The Kier molecular flexibility index (Phi) is 4.56. The van der Waals surface area contributed by atoms with Crippen LogP contribution in [0.3, 0.4) is 0 Å². The first kappa shape index (κ1) is 15.8. The van der Waals surface area contributed by atoms with Crippen LogP contribution in [0.15, 0.2) is 22.7 Å². The van der Waals surface area contributed by atoms with Crippen molar-refractivity contribution in [3.63, 3.8) is 0 Å². The van der Waals surface area contributed by atoms with Crippen LogP contribution in [0.1, 0.15) is 18.9 Å². The molecule has 1 heterocycles. The molecule has 114 valence electrons. The number of amides is 1. The summed E-state index contributed by atoms with van der Waals surface area (Å²) in [6.07, 6.45) is 0.475. The Balaban J connectivity index is 1.93. The molecule has 1 fully saturated rings. The van der Waals surface area contributed by atoms with Crippen LogP contribution in [0, 0.1) is 12.3 Å². The van der Waals surface area contributed by atoms with Crippen LogP contribution in [0.4, 0.5) is 0 Å². The molecule has 1 N–H and O–H groups in total. The molecule has 5 nitrogen and oxygen atoms in total. The highest BCUT2D eigenvalue weighted by atomic mass is 79.9. The Hall–Kier alpha value is -1.56. The minimum atomic E-state index is -0.861. The number of benzene rings is 1. The van der Waals surface area contributed by atoms with E-state index in [0.29, 0.717) is 18.7 Å². The number of likely N-dealkylation sites (tertiary alicyclic amines) is 1. The standard InChI is InChI=1S/C15H18BrNO4/c1-10-3-4-12(11(16)7-10)21-8-13(18)17-6-5-15(2,9-17)14(19)20/h3-4,7H,5-6,8-9H2,1-2H3,(H,19,20). The van der Waals surface area contributed by atoms with Gasteiger partial charge in [0.15, 0.2) is 6.61 Å². The zero-order valence-corrected chi connectivity index (χ0v) is 13.6. The number of rotatable bonds is 4. The van der Waals surface area contributed by atoms with Gasteiger partial charge in [-0.25, -0.2) is 0 Å². The maximum absolute atomic E-state index is 12.1. The van der Waals surface area contributed by atoms with Crippen molar-refractivity contribution in [1.29, 1.82) is 0 Å². The fraction of sp³-hybridized carbons (Fsp3) is 0.467. The largest absolute Gasteiger partial charge is 0.483 e. The Morgan fingerprint density at radius 1 is 1.48 bits per heavy atom. The zero-order valence-electron chi connectivity index (χ0n) is 12.1. The van der Waals surface area contributed by atoms with Gasteiger partial charge in [-0.3, -0.25) is 9.59 Å². The van der Waals surface area contributed by atoms with Crippen molar-refractivity contribution in [2.75, 3.05) is 19.7 Å². The molecule has 1 atom stereocenters. The van der Waals surface area contributed by atoms with Crippen molar-refractivity contribution in [2.24, 2.45) is 5.41 Å². The third-order valence-corrected chi connectivity index (χ3v) is 4.40. The summed E-state index contributed by atoms with van der Waals surface area (Å²) in [7, 11) is 0. The molecule has 1 aromatic carbocycles. The SMILES string of the molecule is Cc1ccc(OCC(=O)N2CCC(C)(C(=O)O)C2)c(Br)c1. The molecule has 0 radical (unpaired) electrons. The number of carboxylic acid groups (broad SMARTS) is 1. The molecular formula is C15H18BrNO4. The minimum absolute atomic E-state index is 0.0860. The lowest BCUT2D eigenvalue weighted by Crippen LogP contribution is -2.37.